The van der Waals surface area contributed by atoms with Gasteiger partial charge in [0.05, 0.1) is 21.1 Å². The van der Waals surface area contributed by atoms with Gasteiger partial charge in [-0.05, 0) is 4.53 Å². The zero-order valence-corrected chi connectivity index (χ0v) is 8.25. The molecular formula is C5H14FNO4P+. The van der Waals surface area contributed by atoms with Crippen molar-refractivity contribution in [3.8, 4) is 0 Å². The molecule has 0 bridgehead atoms. The molecule has 7 heteroatoms. The monoisotopic (exact) mass is 202 g/mol. The summed E-state index contributed by atoms with van der Waals surface area (Å²) < 4.78 is 29.2. The van der Waals surface area contributed by atoms with Crippen LogP contribution >= 0.6 is 7.82 Å². The number of rotatable bonds is 5. The number of halogens is 1. The summed E-state index contributed by atoms with van der Waals surface area (Å²) in [5, 5.41) is 0. The summed E-state index contributed by atoms with van der Waals surface area (Å²) >= 11 is 0. The van der Waals surface area contributed by atoms with Crippen LogP contribution in [0.2, 0.25) is 0 Å². The smallest absolute Gasteiger partial charge is 0.329 e. The standard InChI is InChI=1S/C5H13FNO4P/c1-7(2,3)4-5-10-12(8,9)11-6/h4-5H2,1-3H3/p+1. The Morgan fingerprint density at radius 3 is 2.33 bits per heavy atom. The third-order valence-corrected chi connectivity index (χ3v) is 1.79. The maximum Gasteiger partial charge on any atom is 0.503 e. The van der Waals surface area contributed by atoms with E-state index in [0.29, 0.717) is 11.0 Å². The zero-order valence-electron chi connectivity index (χ0n) is 7.36. The highest BCUT2D eigenvalue weighted by Gasteiger charge is 2.22. The number of phosphoric acid groups is 1. The summed E-state index contributed by atoms with van der Waals surface area (Å²) in [6.45, 7) is 0.467. The summed E-state index contributed by atoms with van der Waals surface area (Å²) in [5.41, 5.74) is 0. The summed E-state index contributed by atoms with van der Waals surface area (Å²) in [4.78, 5) is 8.45. The van der Waals surface area contributed by atoms with Crippen LogP contribution in [-0.2, 0) is 13.8 Å². The average molecular weight is 202 g/mol. The Morgan fingerprint density at radius 2 is 2.00 bits per heavy atom. The molecule has 0 rings (SSSR count). The lowest BCUT2D eigenvalue weighted by Gasteiger charge is -2.23. The molecule has 0 aromatic rings. The van der Waals surface area contributed by atoms with Crippen LogP contribution in [0.15, 0.2) is 0 Å². The molecule has 0 fully saturated rings. The van der Waals surface area contributed by atoms with Crippen molar-refractivity contribution >= 4 is 7.82 Å². The van der Waals surface area contributed by atoms with E-state index in [1.807, 2.05) is 21.1 Å². The number of phosphoric ester groups is 1. The van der Waals surface area contributed by atoms with Crippen molar-refractivity contribution in [2.24, 2.45) is 0 Å². The molecule has 0 saturated heterocycles. The summed E-state index contributed by atoms with van der Waals surface area (Å²) in [7, 11) is 1.19. The lowest BCUT2D eigenvalue weighted by molar-refractivity contribution is -0.870. The van der Waals surface area contributed by atoms with E-state index in [9.17, 15) is 9.09 Å². The number of hydrogen-bond acceptors (Lipinski definition) is 3. The van der Waals surface area contributed by atoms with E-state index < -0.39 is 7.82 Å². The fourth-order valence-corrected chi connectivity index (χ4v) is 0.802. The topological polar surface area (TPSA) is 55.8 Å². The van der Waals surface area contributed by atoms with E-state index in [0.717, 1.165) is 0 Å². The number of likely N-dealkylation sites (N-methyl/N-ethyl adjacent to an activating group) is 1. The highest BCUT2D eigenvalue weighted by molar-refractivity contribution is 7.47. The Morgan fingerprint density at radius 1 is 1.50 bits per heavy atom. The minimum atomic E-state index is -4.44. The van der Waals surface area contributed by atoms with Crippen LogP contribution < -0.4 is 0 Å². The first-order valence-corrected chi connectivity index (χ1v) is 4.84. The number of hydrogen-bond donors (Lipinski definition) is 1. The molecule has 0 aromatic carbocycles. The van der Waals surface area contributed by atoms with Crippen LogP contribution in [0.4, 0.5) is 4.53 Å². The van der Waals surface area contributed by atoms with Crippen LogP contribution in [-0.4, -0.2) is 43.7 Å². The molecule has 74 valence electrons. The van der Waals surface area contributed by atoms with Gasteiger partial charge in [0.2, 0.25) is 0 Å². The molecule has 1 N–H and O–H groups in total. The molecule has 0 aliphatic carbocycles. The maximum atomic E-state index is 11.2. The fraction of sp³-hybridized carbons (Fsp3) is 1.00. The SMILES string of the molecule is C[N+](C)(C)CCOP(=O)(O)OF. The van der Waals surface area contributed by atoms with Gasteiger partial charge in [0.15, 0.2) is 0 Å². The Labute approximate surface area is 70.8 Å². The first-order valence-electron chi connectivity index (χ1n) is 3.35. The Balaban J connectivity index is 3.65. The third kappa shape index (κ3) is 6.69. The second-order valence-electron chi connectivity index (χ2n) is 3.38. The van der Waals surface area contributed by atoms with Gasteiger partial charge in [-0.25, -0.2) is 4.57 Å². The van der Waals surface area contributed by atoms with Gasteiger partial charge in [0.25, 0.3) is 0 Å². The van der Waals surface area contributed by atoms with E-state index >= 15 is 0 Å². The third-order valence-electron chi connectivity index (χ3n) is 1.10. The highest BCUT2D eigenvalue weighted by Crippen LogP contribution is 2.43. The largest absolute Gasteiger partial charge is 0.503 e. The Kier molecular flexibility index (Phi) is 4.30. The molecule has 1 atom stereocenters. The van der Waals surface area contributed by atoms with E-state index in [1.165, 1.54) is 0 Å². The lowest BCUT2D eigenvalue weighted by Crippen LogP contribution is -2.37. The van der Waals surface area contributed by atoms with Crippen molar-refractivity contribution in [3.05, 3.63) is 0 Å². The number of nitrogens with zero attached hydrogens (tertiary/aromatic N) is 1. The average Bonchev–Trinajstić information content (AvgIpc) is 1.84. The van der Waals surface area contributed by atoms with Crippen molar-refractivity contribution in [1.82, 2.24) is 0 Å². The number of quaternary nitrogens is 1. The second-order valence-corrected chi connectivity index (χ2v) is 4.72. The first-order chi connectivity index (χ1) is 5.27. The van der Waals surface area contributed by atoms with Crippen LogP contribution in [0.5, 0.6) is 0 Å². The molecule has 5 nitrogen and oxygen atoms in total. The minimum Gasteiger partial charge on any atom is -0.329 e. The van der Waals surface area contributed by atoms with E-state index in [-0.39, 0.29) is 6.61 Å². The van der Waals surface area contributed by atoms with E-state index in [2.05, 4.69) is 9.25 Å². The normalized spacial score (nSPS) is 17.4. The van der Waals surface area contributed by atoms with Crippen LogP contribution in [0.25, 0.3) is 0 Å². The Hall–Kier alpha value is -0.0000000000000000555. The molecule has 1 unspecified atom stereocenters. The molecule has 0 aliphatic rings. The Bertz CT molecular complexity index is 181. The summed E-state index contributed by atoms with van der Waals surface area (Å²) in [5.74, 6) is 0. The summed E-state index contributed by atoms with van der Waals surface area (Å²) in [6.07, 6.45) is 0. The van der Waals surface area contributed by atoms with Crippen molar-refractivity contribution in [2.75, 3.05) is 34.3 Å². The van der Waals surface area contributed by atoms with Crippen molar-refractivity contribution < 1.29 is 27.7 Å². The van der Waals surface area contributed by atoms with Gasteiger partial charge < -0.3 is 9.38 Å². The van der Waals surface area contributed by atoms with Gasteiger partial charge in [-0.1, -0.05) is 4.73 Å². The maximum absolute atomic E-state index is 11.2. The van der Waals surface area contributed by atoms with Gasteiger partial charge in [-0.2, -0.15) is 0 Å². The van der Waals surface area contributed by atoms with Crippen molar-refractivity contribution in [1.29, 1.82) is 0 Å². The molecule has 12 heavy (non-hydrogen) atoms. The van der Waals surface area contributed by atoms with Gasteiger partial charge in [0.1, 0.15) is 13.2 Å². The van der Waals surface area contributed by atoms with Gasteiger partial charge >= 0.3 is 7.82 Å². The molecule has 0 heterocycles. The first kappa shape index (κ1) is 12.0. The predicted molar refractivity (Wildman–Crippen MR) is 40.9 cm³/mol. The summed E-state index contributed by atoms with van der Waals surface area (Å²) in [6, 6.07) is 0. The van der Waals surface area contributed by atoms with Crippen molar-refractivity contribution in [3.63, 3.8) is 0 Å². The quantitative estimate of drug-likeness (QED) is 0.527. The van der Waals surface area contributed by atoms with Gasteiger partial charge in [-0.15, -0.1) is 0 Å². The molecule has 0 amide bonds. The van der Waals surface area contributed by atoms with Crippen LogP contribution in [0, 0.1) is 0 Å². The molecule has 0 radical (unpaired) electrons. The molecular weight excluding hydrogens is 188 g/mol. The minimum absolute atomic E-state index is 0.0266. The molecule has 0 spiro atoms. The predicted octanol–water partition coefficient (Wildman–Crippen LogP) is 0.711. The molecule has 0 saturated carbocycles. The fourth-order valence-electron chi connectivity index (χ4n) is 0.450. The van der Waals surface area contributed by atoms with Gasteiger partial charge in [0, 0.05) is 0 Å². The second kappa shape index (κ2) is 4.30. The van der Waals surface area contributed by atoms with E-state index in [4.69, 9.17) is 4.89 Å². The lowest BCUT2D eigenvalue weighted by atomic mass is 10.5. The van der Waals surface area contributed by atoms with Crippen LogP contribution in [0.3, 0.4) is 0 Å². The van der Waals surface area contributed by atoms with Gasteiger partial charge in [-0.3, -0.25) is 4.52 Å². The van der Waals surface area contributed by atoms with Crippen molar-refractivity contribution in [2.45, 2.75) is 0 Å². The van der Waals surface area contributed by atoms with E-state index in [1.54, 1.807) is 0 Å². The molecule has 0 aromatic heterocycles. The zero-order chi connectivity index (χ0) is 9.83. The van der Waals surface area contributed by atoms with Crippen LogP contribution in [0.1, 0.15) is 0 Å². The highest BCUT2D eigenvalue weighted by atomic mass is 31.2. The molecule has 0 aliphatic heterocycles.